The van der Waals surface area contributed by atoms with Gasteiger partial charge in [0.1, 0.15) is 11.9 Å². The summed E-state index contributed by atoms with van der Waals surface area (Å²) in [6, 6.07) is 11.2. The molecule has 1 unspecified atom stereocenters. The maximum absolute atomic E-state index is 10.5. The second-order valence-electron chi connectivity index (χ2n) is 4.55. The van der Waals surface area contributed by atoms with E-state index in [1.165, 1.54) is 0 Å². The van der Waals surface area contributed by atoms with Gasteiger partial charge in [0, 0.05) is 10.6 Å². The summed E-state index contributed by atoms with van der Waals surface area (Å²) < 4.78 is 6.28. The second-order valence-corrected chi connectivity index (χ2v) is 5.81. The third kappa shape index (κ3) is 3.35. The fraction of sp³-hybridized carbons (Fsp3) is 0.250. The Kier molecular flexibility index (Phi) is 5.08. The first-order chi connectivity index (χ1) is 9.52. The molecule has 0 aromatic heterocycles. The molecule has 0 amide bonds. The molecule has 0 spiro atoms. The summed E-state index contributed by atoms with van der Waals surface area (Å²) in [5.41, 5.74) is 2.54. The highest BCUT2D eigenvalue weighted by atomic mass is 79.9. The summed E-state index contributed by atoms with van der Waals surface area (Å²) in [5.74, 6) is 0.762. The van der Waals surface area contributed by atoms with E-state index in [4.69, 9.17) is 16.3 Å². The van der Waals surface area contributed by atoms with E-state index in [0.29, 0.717) is 17.2 Å². The number of hydrogen-bond acceptors (Lipinski definition) is 2. The Bertz CT molecular complexity index is 613. The first kappa shape index (κ1) is 15.4. The molecule has 2 nitrogen and oxygen atoms in total. The maximum Gasteiger partial charge on any atom is 0.133 e. The van der Waals surface area contributed by atoms with E-state index in [9.17, 15) is 5.11 Å². The molecule has 0 radical (unpaired) electrons. The Morgan fingerprint density at radius 2 is 2.00 bits per heavy atom. The zero-order valence-corrected chi connectivity index (χ0v) is 13.7. The average molecular weight is 356 g/mol. The molecule has 0 aliphatic rings. The lowest BCUT2D eigenvalue weighted by atomic mass is 10.0. The van der Waals surface area contributed by atoms with Gasteiger partial charge in [0.25, 0.3) is 0 Å². The highest BCUT2D eigenvalue weighted by molar-refractivity contribution is 9.10. The van der Waals surface area contributed by atoms with Gasteiger partial charge in [-0.25, -0.2) is 0 Å². The van der Waals surface area contributed by atoms with Crippen molar-refractivity contribution in [1.29, 1.82) is 0 Å². The second kappa shape index (κ2) is 6.61. The summed E-state index contributed by atoms with van der Waals surface area (Å²) in [6.07, 6.45) is -0.755. The molecule has 20 heavy (non-hydrogen) atoms. The molecule has 4 heteroatoms. The molecule has 2 aromatic carbocycles. The van der Waals surface area contributed by atoms with Crippen molar-refractivity contribution in [1.82, 2.24) is 0 Å². The fourth-order valence-electron chi connectivity index (χ4n) is 1.99. The van der Waals surface area contributed by atoms with E-state index in [2.05, 4.69) is 15.9 Å². The van der Waals surface area contributed by atoms with E-state index in [-0.39, 0.29) is 0 Å². The third-order valence-electron chi connectivity index (χ3n) is 3.02. The number of rotatable bonds is 4. The van der Waals surface area contributed by atoms with Crippen molar-refractivity contribution < 1.29 is 9.84 Å². The van der Waals surface area contributed by atoms with Crippen molar-refractivity contribution in [3.63, 3.8) is 0 Å². The Morgan fingerprint density at radius 1 is 1.25 bits per heavy atom. The lowest BCUT2D eigenvalue weighted by Crippen LogP contribution is -2.01. The fourth-order valence-corrected chi connectivity index (χ4v) is 2.84. The standard InChI is InChI=1S/C16H16BrClO2/c1-3-20-15-7-5-11(9-13(15)17)16(19)12-6-4-10(2)8-14(12)18/h4-9,16,19H,3H2,1-2H3. The molecule has 0 saturated carbocycles. The first-order valence-electron chi connectivity index (χ1n) is 6.39. The van der Waals surface area contributed by atoms with Crippen LogP contribution < -0.4 is 4.74 Å². The van der Waals surface area contributed by atoms with Crippen LogP contribution in [0.4, 0.5) is 0 Å². The SMILES string of the molecule is CCOc1ccc(C(O)c2ccc(C)cc2Cl)cc1Br. The van der Waals surface area contributed by atoms with Gasteiger partial charge in [-0.15, -0.1) is 0 Å². The predicted molar refractivity (Wildman–Crippen MR) is 85.6 cm³/mol. The van der Waals surface area contributed by atoms with Crippen molar-refractivity contribution in [3.8, 4) is 5.75 Å². The van der Waals surface area contributed by atoms with Crippen molar-refractivity contribution in [2.24, 2.45) is 0 Å². The van der Waals surface area contributed by atoms with Gasteiger partial charge in [0.15, 0.2) is 0 Å². The molecule has 0 heterocycles. The number of benzene rings is 2. The van der Waals surface area contributed by atoms with E-state index in [1.807, 2.05) is 50.2 Å². The Morgan fingerprint density at radius 3 is 2.60 bits per heavy atom. The highest BCUT2D eigenvalue weighted by Crippen LogP contribution is 2.33. The minimum Gasteiger partial charge on any atom is -0.493 e. The van der Waals surface area contributed by atoms with Crippen LogP contribution in [0, 0.1) is 6.92 Å². The zero-order valence-electron chi connectivity index (χ0n) is 11.4. The summed E-state index contributed by atoms with van der Waals surface area (Å²) in [5, 5.41) is 11.0. The molecule has 1 atom stereocenters. The lowest BCUT2D eigenvalue weighted by molar-refractivity contribution is 0.220. The predicted octanol–water partition coefficient (Wildman–Crippen LogP) is 4.89. The van der Waals surface area contributed by atoms with Crippen LogP contribution in [0.15, 0.2) is 40.9 Å². The van der Waals surface area contributed by atoms with Crippen LogP contribution in [0.2, 0.25) is 5.02 Å². The quantitative estimate of drug-likeness (QED) is 0.846. The maximum atomic E-state index is 10.5. The molecule has 0 aliphatic carbocycles. The van der Waals surface area contributed by atoms with Gasteiger partial charge in [0.2, 0.25) is 0 Å². The largest absolute Gasteiger partial charge is 0.493 e. The molecular weight excluding hydrogens is 340 g/mol. The smallest absolute Gasteiger partial charge is 0.133 e. The van der Waals surface area contributed by atoms with Crippen molar-refractivity contribution >= 4 is 27.5 Å². The minimum absolute atomic E-state index is 0.572. The van der Waals surface area contributed by atoms with Gasteiger partial charge in [0.05, 0.1) is 11.1 Å². The van der Waals surface area contributed by atoms with E-state index in [1.54, 1.807) is 0 Å². The highest BCUT2D eigenvalue weighted by Gasteiger charge is 2.15. The van der Waals surface area contributed by atoms with E-state index in [0.717, 1.165) is 21.3 Å². The van der Waals surface area contributed by atoms with Gasteiger partial charge in [-0.1, -0.05) is 29.8 Å². The number of ether oxygens (including phenoxy) is 1. The normalized spacial score (nSPS) is 12.2. The molecule has 2 aromatic rings. The third-order valence-corrected chi connectivity index (χ3v) is 3.97. The van der Waals surface area contributed by atoms with Crippen LogP contribution in [0.25, 0.3) is 0 Å². The molecule has 2 rings (SSSR count). The van der Waals surface area contributed by atoms with Gasteiger partial charge in [-0.05, 0) is 59.1 Å². The van der Waals surface area contributed by atoms with Crippen LogP contribution in [0.1, 0.15) is 29.7 Å². The van der Waals surface area contributed by atoms with Crippen LogP contribution in [-0.4, -0.2) is 11.7 Å². The Hall–Kier alpha value is -1.03. The van der Waals surface area contributed by atoms with Gasteiger partial charge < -0.3 is 9.84 Å². The minimum atomic E-state index is -0.755. The molecule has 0 fully saturated rings. The van der Waals surface area contributed by atoms with Crippen molar-refractivity contribution in [3.05, 3.63) is 62.6 Å². The van der Waals surface area contributed by atoms with Gasteiger partial charge in [-0.2, -0.15) is 0 Å². The molecule has 0 bridgehead atoms. The van der Waals surface area contributed by atoms with Crippen LogP contribution >= 0.6 is 27.5 Å². The number of aliphatic hydroxyl groups is 1. The first-order valence-corrected chi connectivity index (χ1v) is 7.56. The molecular formula is C16H16BrClO2. The van der Waals surface area contributed by atoms with Crippen LogP contribution in [0.3, 0.4) is 0 Å². The van der Waals surface area contributed by atoms with E-state index >= 15 is 0 Å². The number of aliphatic hydroxyl groups excluding tert-OH is 1. The Labute approximate surface area is 132 Å². The average Bonchev–Trinajstić information content (AvgIpc) is 2.40. The number of hydrogen-bond donors (Lipinski definition) is 1. The van der Waals surface area contributed by atoms with Crippen LogP contribution in [0.5, 0.6) is 5.75 Å². The summed E-state index contributed by atoms with van der Waals surface area (Å²) in [7, 11) is 0. The van der Waals surface area contributed by atoms with Gasteiger partial charge in [-0.3, -0.25) is 0 Å². The molecule has 1 N–H and O–H groups in total. The topological polar surface area (TPSA) is 29.5 Å². The van der Waals surface area contributed by atoms with E-state index < -0.39 is 6.10 Å². The Balaban J connectivity index is 2.33. The van der Waals surface area contributed by atoms with Crippen molar-refractivity contribution in [2.75, 3.05) is 6.61 Å². The summed E-state index contributed by atoms with van der Waals surface area (Å²) in [6.45, 7) is 4.50. The zero-order chi connectivity index (χ0) is 14.7. The molecule has 0 aliphatic heterocycles. The lowest BCUT2D eigenvalue weighted by Gasteiger charge is -2.15. The van der Waals surface area contributed by atoms with Crippen LogP contribution in [-0.2, 0) is 0 Å². The van der Waals surface area contributed by atoms with Crippen molar-refractivity contribution in [2.45, 2.75) is 20.0 Å². The molecule has 0 saturated heterocycles. The summed E-state index contributed by atoms with van der Waals surface area (Å²) >= 11 is 9.65. The summed E-state index contributed by atoms with van der Waals surface area (Å²) in [4.78, 5) is 0. The number of halogens is 2. The number of aryl methyl sites for hydroxylation is 1. The molecule has 106 valence electrons. The monoisotopic (exact) mass is 354 g/mol. The van der Waals surface area contributed by atoms with Gasteiger partial charge >= 0.3 is 0 Å².